The number of hydrogen-bond donors (Lipinski definition) is 1. The highest BCUT2D eigenvalue weighted by Crippen LogP contribution is 2.24. The molecule has 0 aliphatic heterocycles. The van der Waals surface area contributed by atoms with Crippen LogP contribution in [0.25, 0.3) is 0 Å². The van der Waals surface area contributed by atoms with Crippen molar-refractivity contribution in [3.8, 4) is 6.07 Å². The highest BCUT2D eigenvalue weighted by Gasteiger charge is 2.10. The van der Waals surface area contributed by atoms with Crippen LogP contribution in [0.2, 0.25) is 5.02 Å². The average molecular weight is 249 g/mol. The Morgan fingerprint density at radius 3 is 2.81 bits per heavy atom. The zero-order chi connectivity index (χ0) is 11.4. The van der Waals surface area contributed by atoms with Gasteiger partial charge >= 0.3 is 0 Å². The molecule has 1 N–H and O–H groups in total. The van der Waals surface area contributed by atoms with Gasteiger partial charge < -0.3 is 5.32 Å². The number of nitrogens with one attached hydrogen (secondary N) is 1. The van der Waals surface area contributed by atoms with Gasteiger partial charge in [0.2, 0.25) is 0 Å². The van der Waals surface area contributed by atoms with Crippen LogP contribution < -0.4 is 5.32 Å². The smallest absolute Gasteiger partial charge is 0.149 e. The lowest BCUT2D eigenvalue weighted by molar-refractivity contribution is 1.03. The third-order valence-electron chi connectivity index (χ3n) is 2.09. The lowest BCUT2D eigenvalue weighted by Crippen LogP contribution is -2.06. The maximum atomic E-state index is 9.09. The zero-order valence-corrected chi connectivity index (χ0v) is 9.92. The summed E-state index contributed by atoms with van der Waals surface area (Å²) in [7, 11) is 0. The molecule has 0 aliphatic carbocycles. The fraction of sp³-hybridized carbons (Fsp3) is 0.0833. The van der Waals surface area contributed by atoms with Crippen LogP contribution in [-0.2, 0) is 0 Å². The summed E-state index contributed by atoms with van der Waals surface area (Å²) in [4.78, 5) is 1.00. The molecule has 0 aliphatic rings. The minimum Gasteiger partial charge on any atom is -0.365 e. The molecule has 1 aromatic carbocycles. The predicted molar refractivity (Wildman–Crippen MR) is 67.7 cm³/mol. The number of rotatable bonds is 3. The van der Waals surface area contributed by atoms with Crippen molar-refractivity contribution in [2.75, 3.05) is 5.32 Å². The van der Waals surface area contributed by atoms with E-state index in [9.17, 15) is 0 Å². The molecule has 4 heteroatoms. The molecule has 0 saturated heterocycles. The Kier molecular flexibility index (Phi) is 3.45. The molecule has 0 saturated carbocycles. The molecule has 1 aromatic heterocycles. The standard InChI is InChI=1S/C12H9ClN2S/c13-9-3-1-4-10(7-9)15-11(8-14)12-5-2-6-16-12/h1-7,11,15H. The molecule has 0 spiro atoms. The first-order valence-corrected chi connectivity index (χ1v) is 6.00. The van der Waals surface area contributed by atoms with E-state index in [1.165, 1.54) is 0 Å². The Bertz CT molecular complexity index is 502. The number of anilines is 1. The number of nitrogens with zero attached hydrogens (tertiary/aromatic N) is 1. The van der Waals surface area contributed by atoms with Gasteiger partial charge in [-0.1, -0.05) is 23.7 Å². The van der Waals surface area contributed by atoms with E-state index in [4.69, 9.17) is 16.9 Å². The third kappa shape index (κ3) is 2.54. The maximum Gasteiger partial charge on any atom is 0.149 e. The summed E-state index contributed by atoms with van der Waals surface area (Å²) in [5, 5.41) is 14.8. The van der Waals surface area contributed by atoms with Crippen molar-refractivity contribution in [3.05, 3.63) is 51.7 Å². The first-order valence-electron chi connectivity index (χ1n) is 4.75. The van der Waals surface area contributed by atoms with Gasteiger partial charge in [0.15, 0.2) is 0 Å². The quantitative estimate of drug-likeness (QED) is 0.889. The van der Waals surface area contributed by atoms with Crippen LogP contribution in [0.5, 0.6) is 0 Å². The van der Waals surface area contributed by atoms with Crippen LogP contribution in [-0.4, -0.2) is 0 Å². The highest BCUT2D eigenvalue weighted by atomic mass is 35.5. The van der Waals surface area contributed by atoms with Gasteiger partial charge in [-0.25, -0.2) is 0 Å². The number of benzene rings is 1. The molecule has 0 amide bonds. The second kappa shape index (κ2) is 5.02. The Morgan fingerprint density at radius 2 is 2.19 bits per heavy atom. The largest absolute Gasteiger partial charge is 0.365 e. The molecule has 2 aromatic rings. The summed E-state index contributed by atoms with van der Waals surface area (Å²) in [6.45, 7) is 0. The summed E-state index contributed by atoms with van der Waals surface area (Å²) in [5.74, 6) is 0. The lowest BCUT2D eigenvalue weighted by Gasteiger charge is -2.11. The average Bonchev–Trinajstić information content (AvgIpc) is 2.79. The molecule has 80 valence electrons. The van der Waals surface area contributed by atoms with Gasteiger partial charge in [-0.3, -0.25) is 0 Å². The van der Waals surface area contributed by atoms with Crippen LogP contribution in [0.3, 0.4) is 0 Å². The van der Waals surface area contributed by atoms with Crippen molar-refractivity contribution in [1.82, 2.24) is 0 Å². The van der Waals surface area contributed by atoms with Crippen LogP contribution in [0.15, 0.2) is 41.8 Å². The SMILES string of the molecule is N#CC(Nc1cccc(Cl)c1)c1cccs1. The van der Waals surface area contributed by atoms with E-state index in [-0.39, 0.29) is 6.04 Å². The van der Waals surface area contributed by atoms with Gasteiger partial charge in [0, 0.05) is 15.6 Å². The Hall–Kier alpha value is -1.50. The molecule has 1 heterocycles. The highest BCUT2D eigenvalue weighted by molar-refractivity contribution is 7.10. The van der Waals surface area contributed by atoms with Gasteiger partial charge in [0.1, 0.15) is 6.04 Å². The number of thiophene rings is 1. The molecule has 16 heavy (non-hydrogen) atoms. The lowest BCUT2D eigenvalue weighted by atomic mass is 10.2. The molecule has 2 rings (SSSR count). The molecule has 1 unspecified atom stereocenters. The minimum atomic E-state index is -0.321. The fourth-order valence-electron chi connectivity index (χ4n) is 1.37. The maximum absolute atomic E-state index is 9.09. The van der Waals surface area contributed by atoms with Gasteiger partial charge in [-0.05, 0) is 29.6 Å². The van der Waals surface area contributed by atoms with Crippen molar-refractivity contribution in [3.63, 3.8) is 0 Å². The summed E-state index contributed by atoms with van der Waals surface area (Å²) in [6, 6.07) is 13.1. The Morgan fingerprint density at radius 1 is 1.31 bits per heavy atom. The minimum absolute atomic E-state index is 0.321. The summed E-state index contributed by atoms with van der Waals surface area (Å²) < 4.78 is 0. The van der Waals surface area contributed by atoms with Gasteiger partial charge in [0.05, 0.1) is 6.07 Å². The summed E-state index contributed by atoms with van der Waals surface area (Å²) in [6.07, 6.45) is 0. The second-order valence-corrected chi connectivity index (χ2v) is 4.65. The van der Waals surface area contributed by atoms with Crippen LogP contribution >= 0.6 is 22.9 Å². The van der Waals surface area contributed by atoms with Gasteiger partial charge in [-0.15, -0.1) is 11.3 Å². The van der Waals surface area contributed by atoms with Crippen molar-refractivity contribution in [2.45, 2.75) is 6.04 Å². The number of halogens is 1. The second-order valence-electron chi connectivity index (χ2n) is 3.23. The van der Waals surface area contributed by atoms with Crippen molar-refractivity contribution >= 4 is 28.6 Å². The van der Waals surface area contributed by atoms with Crippen molar-refractivity contribution in [1.29, 1.82) is 5.26 Å². The molecule has 0 fully saturated rings. The molecule has 2 nitrogen and oxygen atoms in total. The van der Waals surface area contributed by atoms with E-state index in [2.05, 4.69) is 11.4 Å². The van der Waals surface area contributed by atoms with Gasteiger partial charge in [-0.2, -0.15) is 5.26 Å². The van der Waals surface area contributed by atoms with E-state index in [1.807, 2.05) is 29.6 Å². The van der Waals surface area contributed by atoms with E-state index >= 15 is 0 Å². The Labute approximate surface area is 103 Å². The van der Waals surface area contributed by atoms with E-state index in [0.29, 0.717) is 5.02 Å². The Balaban J connectivity index is 2.17. The first-order chi connectivity index (χ1) is 7.79. The molecule has 1 atom stereocenters. The molecular formula is C12H9ClN2S. The normalized spacial score (nSPS) is 11.8. The van der Waals surface area contributed by atoms with Crippen LogP contribution in [0.4, 0.5) is 5.69 Å². The van der Waals surface area contributed by atoms with Crippen molar-refractivity contribution < 1.29 is 0 Å². The summed E-state index contributed by atoms with van der Waals surface area (Å²) in [5.41, 5.74) is 0.854. The molecule has 0 radical (unpaired) electrons. The fourth-order valence-corrected chi connectivity index (χ4v) is 2.28. The van der Waals surface area contributed by atoms with E-state index < -0.39 is 0 Å². The first kappa shape index (κ1) is 11.0. The topological polar surface area (TPSA) is 35.8 Å². The zero-order valence-electron chi connectivity index (χ0n) is 8.35. The molecule has 0 bridgehead atoms. The van der Waals surface area contributed by atoms with Crippen LogP contribution in [0, 0.1) is 11.3 Å². The van der Waals surface area contributed by atoms with Crippen molar-refractivity contribution in [2.24, 2.45) is 0 Å². The predicted octanol–water partition coefficient (Wildman–Crippen LogP) is 4.08. The monoisotopic (exact) mass is 248 g/mol. The van der Waals surface area contributed by atoms with Crippen LogP contribution in [0.1, 0.15) is 10.9 Å². The molecular weight excluding hydrogens is 240 g/mol. The number of nitriles is 1. The van der Waals surface area contributed by atoms with E-state index in [1.54, 1.807) is 23.5 Å². The summed E-state index contributed by atoms with van der Waals surface area (Å²) >= 11 is 7.44. The van der Waals surface area contributed by atoms with E-state index in [0.717, 1.165) is 10.6 Å². The number of hydrogen-bond acceptors (Lipinski definition) is 3. The third-order valence-corrected chi connectivity index (χ3v) is 3.26. The van der Waals surface area contributed by atoms with Gasteiger partial charge in [0.25, 0.3) is 0 Å².